The Labute approximate surface area is 247 Å². The van der Waals surface area contributed by atoms with Crippen LogP contribution in [-0.2, 0) is 24.4 Å². The van der Waals surface area contributed by atoms with Crippen LogP contribution < -0.4 is 24.2 Å². The van der Waals surface area contributed by atoms with Crippen molar-refractivity contribution in [2.24, 2.45) is 0 Å². The normalized spacial score (nSPS) is 12.9. The Bertz CT molecular complexity index is 1370. The Balaban J connectivity index is 1.20. The van der Waals surface area contributed by atoms with Crippen molar-refractivity contribution in [2.45, 2.75) is 32.5 Å². The van der Waals surface area contributed by atoms with Crippen LogP contribution in [0.1, 0.15) is 29.7 Å². The zero-order valence-corrected chi connectivity index (χ0v) is 25.1. The Morgan fingerprint density at radius 3 is 2.39 bits per heavy atom. The van der Waals surface area contributed by atoms with E-state index >= 15 is 0 Å². The number of hydrogen-bond donors (Lipinski definition) is 0. The largest absolute Gasteiger partial charge is 0.497 e. The summed E-state index contributed by atoms with van der Waals surface area (Å²) in [6, 6.07) is 25.3. The fourth-order valence-corrected chi connectivity index (χ4v) is 5.76. The summed E-state index contributed by atoms with van der Waals surface area (Å²) in [6.07, 6.45) is 2.56. The minimum absolute atomic E-state index is 0.454. The highest BCUT2D eigenvalue weighted by Crippen LogP contribution is 2.27. The van der Waals surface area contributed by atoms with Gasteiger partial charge in [0.2, 0.25) is 0 Å². The summed E-state index contributed by atoms with van der Waals surface area (Å²) < 4.78 is 17.3. The van der Waals surface area contributed by atoms with Crippen molar-refractivity contribution in [3.05, 3.63) is 95.0 Å². The Morgan fingerprint density at radius 2 is 1.61 bits per heavy atom. The number of aromatic nitrogens is 1. The van der Waals surface area contributed by atoms with E-state index in [1.807, 2.05) is 44.4 Å². The summed E-state index contributed by atoms with van der Waals surface area (Å²) >= 11 is 1.65. The van der Waals surface area contributed by atoms with Crippen molar-refractivity contribution in [3.8, 4) is 11.5 Å². The van der Waals surface area contributed by atoms with Crippen LogP contribution in [0.3, 0.4) is 0 Å². The van der Waals surface area contributed by atoms with E-state index in [4.69, 9.17) is 19.2 Å². The molecule has 0 N–H and O–H groups in total. The molecule has 8 heteroatoms. The molecule has 0 amide bonds. The molecule has 1 saturated heterocycles. The molecule has 0 atom stereocenters. The number of anilines is 3. The number of benzene rings is 3. The maximum absolute atomic E-state index is 5.91. The molecule has 1 aliphatic heterocycles. The number of ether oxygens (including phenoxy) is 3. The minimum atomic E-state index is 0.454. The van der Waals surface area contributed by atoms with Crippen molar-refractivity contribution < 1.29 is 14.2 Å². The van der Waals surface area contributed by atoms with Gasteiger partial charge in [-0.05, 0) is 60.4 Å². The average molecular weight is 573 g/mol. The standard InChI is InChI=1S/C33H40N4O3S/c1-35(2)30-9-7-11-32(21-30)40-19-18-39-24-28-25-41-33(34-28)37(23-27-8-6-10-31(20-27)38-3)22-26-12-14-29(15-13-26)36-16-4-5-17-36/h6-15,20-21,25H,4-5,16-19,22-24H2,1-3H3. The smallest absolute Gasteiger partial charge is 0.186 e. The van der Waals surface area contributed by atoms with Gasteiger partial charge in [0.1, 0.15) is 18.1 Å². The number of nitrogens with zero attached hydrogens (tertiary/aromatic N) is 4. The topological polar surface area (TPSA) is 50.3 Å². The molecule has 0 unspecified atom stereocenters. The van der Waals surface area contributed by atoms with Gasteiger partial charge < -0.3 is 28.9 Å². The van der Waals surface area contributed by atoms with E-state index in [0.717, 1.165) is 54.2 Å². The number of rotatable bonds is 14. The molecule has 0 spiro atoms. The SMILES string of the molecule is COc1cccc(CN(Cc2ccc(N3CCCC3)cc2)c2nc(COCCOc3cccc(N(C)C)c3)cs2)c1. The van der Waals surface area contributed by atoms with Crippen LogP contribution >= 0.6 is 11.3 Å². The van der Waals surface area contributed by atoms with Gasteiger partial charge in [0.05, 0.1) is 26.0 Å². The quantitative estimate of drug-likeness (QED) is 0.157. The van der Waals surface area contributed by atoms with Gasteiger partial charge >= 0.3 is 0 Å². The Morgan fingerprint density at radius 1 is 0.854 bits per heavy atom. The van der Waals surface area contributed by atoms with E-state index in [-0.39, 0.29) is 0 Å². The Hall–Kier alpha value is -3.75. The molecule has 1 fully saturated rings. The first-order valence-corrected chi connectivity index (χ1v) is 15.1. The van der Waals surface area contributed by atoms with Crippen molar-refractivity contribution in [3.63, 3.8) is 0 Å². The molecule has 1 aliphatic rings. The second-order valence-electron chi connectivity index (χ2n) is 10.5. The van der Waals surface area contributed by atoms with Gasteiger partial charge in [0, 0.05) is 63.1 Å². The van der Waals surface area contributed by atoms with Crippen molar-refractivity contribution in [2.75, 3.05) is 62.2 Å². The Kier molecular flexibility index (Phi) is 9.99. The molecule has 41 heavy (non-hydrogen) atoms. The van der Waals surface area contributed by atoms with E-state index in [9.17, 15) is 0 Å². The zero-order valence-electron chi connectivity index (χ0n) is 24.3. The van der Waals surface area contributed by atoms with E-state index in [0.29, 0.717) is 19.8 Å². The summed E-state index contributed by atoms with van der Waals surface area (Å²) in [4.78, 5) is 11.8. The van der Waals surface area contributed by atoms with Crippen LogP contribution in [0, 0.1) is 0 Å². The molecule has 1 aromatic heterocycles. The van der Waals surface area contributed by atoms with Gasteiger partial charge in [-0.15, -0.1) is 11.3 Å². The van der Waals surface area contributed by atoms with Gasteiger partial charge in [-0.2, -0.15) is 0 Å². The lowest BCUT2D eigenvalue weighted by molar-refractivity contribution is 0.0873. The van der Waals surface area contributed by atoms with Crippen LogP contribution in [0.25, 0.3) is 0 Å². The summed E-state index contributed by atoms with van der Waals surface area (Å²) in [7, 11) is 5.75. The minimum Gasteiger partial charge on any atom is -0.497 e. The summed E-state index contributed by atoms with van der Waals surface area (Å²) in [5, 5.41) is 3.07. The predicted octanol–water partition coefficient (Wildman–Crippen LogP) is 6.62. The highest BCUT2D eigenvalue weighted by Gasteiger charge is 2.16. The average Bonchev–Trinajstić information content (AvgIpc) is 3.71. The first kappa shape index (κ1) is 28.8. The second kappa shape index (κ2) is 14.2. The molecule has 5 rings (SSSR count). The lowest BCUT2D eigenvalue weighted by Gasteiger charge is -2.23. The highest BCUT2D eigenvalue weighted by atomic mass is 32.1. The van der Waals surface area contributed by atoms with Gasteiger partial charge in [-0.3, -0.25) is 0 Å². The highest BCUT2D eigenvalue weighted by molar-refractivity contribution is 7.13. The molecule has 216 valence electrons. The molecular weight excluding hydrogens is 532 g/mol. The van der Waals surface area contributed by atoms with Crippen LogP contribution in [-0.4, -0.2) is 52.5 Å². The molecule has 0 saturated carbocycles. The molecule has 0 aliphatic carbocycles. The predicted molar refractivity (Wildman–Crippen MR) is 169 cm³/mol. The maximum Gasteiger partial charge on any atom is 0.186 e. The fourth-order valence-electron chi connectivity index (χ4n) is 4.94. The first-order valence-electron chi connectivity index (χ1n) is 14.2. The molecular formula is C33H40N4O3S. The van der Waals surface area contributed by atoms with Gasteiger partial charge in [-0.1, -0.05) is 30.3 Å². The van der Waals surface area contributed by atoms with Crippen LogP contribution in [0.5, 0.6) is 11.5 Å². The summed E-state index contributed by atoms with van der Waals surface area (Å²) in [5.74, 6) is 1.71. The summed E-state index contributed by atoms with van der Waals surface area (Å²) in [5.41, 5.74) is 5.80. The van der Waals surface area contributed by atoms with E-state index in [1.165, 1.54) is 29.7 Å². The third-order valence-corrected chi connectivity index (χ3v) is 8.13. The van der Waals surface area contributed by atoms with E-state index in [2.05, 4.69) is 62.5 Å². The fraction of sp³-hybridized carbons (Fsp3) is 0.364. The number of hydrogen-bond acceptors (Lipinski definition) is 8. The molecule has 2 heterocycles. The van der Waals surface area contributed by atoms with Crippen molar-refractivity contribution in [1.29, 1.82) is 0 Å². The molecule has 4 aromatic rings. The third kappa shape index (κ3) is 8.15. The summed E-state index contributed by atoms with van der Waals surface area (Å²) in [6.45, 7) is 5.25. The molecule has 0 bridgehead atoms. The maximum atomic E-state index is 5.91. The van der Waals surface area contributed by atoms with E-state index in [1.54, 1.807) is 18.4 Å². The van der Waals surface area contributed by atoms with Crippen LogP contribution in [0.15, 0.2) is 78.2 Å². The van der Waals surface area contributed by atoms with Crippen LogP contribution in [0.4, 0.5) is 16.5 Å². The van der Waals surface area contributed by atoms with Crippen molar-refractivity contribution in [1.82, 2.24) is 4.98 Å². The number of methoxy groups -OCH3 is 1. The lowest BCUT2D eigenvalue weighted by Crippen LogP contribution is -2.22. The van der Waals surface area contributed by atoms with Gasteiger partial charge in [0.15, 0.2) is 5.13 Å². The van der Waals surface area contributed by atoms with E-state index < -0.39 is 0 Å². The lowest BCUT2D eigenvalue weighted by atomic mass is 10.1. The molecule has 0 radical (unpaired) electrons. The molecule has 3 aromatic carbocycles. The van der Waals surface area contributed by atoms with Crippen molar-refractivity contribution >= 4 is 27.8 Å². The van der Waals surface area contributed by atoms with Crippen LogP contribution in [0.2, 0.25) is 0 Å². The zero-order chi connectivity index (χ0) is 28.4. The third-order valence-electron chi connectivity index (χ3n) is 7.18. The van der Waals surface area contributed by atoms with Gasteiger partial charge in [-0.25, -0.2) is 4.98 Å². The first-order chi connectivity index (χ1) is 20.1. The second-order valence-corrected chi connectivity index (χ2v) is 11.3. The monoisotopic (exact) mass is 572 g/mol. The number of thiazole rings is 1. The molecule has 7 nitrogen and oxygen atoms in total. The van der Waals surface area contributed by atoms with Gasteiger partial charge in [0.25, 0.3) is 0 Å².